The van der Waals surface area contributed by atoms with E-state index in [1.807, 2.05) is 6.07 Å². The second-order valence-corrected chi connectivity index (χ2v) is 8.09. The van der Waals surface area contributed by atoms with Gasteiger partial charge in [-0.05, 0) is 60.5 Å². The molecule has 36 heavy (non-hydrogen) atoms. The van der Waals surface area contributed by atoms with Gasteiger partial charge in [-0.15, -0.1) is 0 Å². The molecule has 0 unspecified atom stereocenters. The summed E-state index contributed by atoms with van der Waals surface area (Å²) in [6.07, 6.45) is 5.07. The molecular weight excluding hydrogens is 487 g/mol. The predicted molar refractivity (Wildman–Crippen MR) is 133 cm³/mol. The molecule has 11 heteroatoms. The maximum Gasteiger partial charge on any atom is 0.279 e. The number of nitrogens with two attached hydrogens (primary N) is 1. The number of amides is 3. The van der Waals surface area contributed by atoms with E-state index >= 15 is 0 Å². The summed E-state index contributed by atoms with van der Waals surface area (Å²) in [6, 6.07) is 13.7. The Labute approximate surface area is 210 Å². The molecule has 2 heterocycles. The predicted octanol–water partition coefficient (Wildman–Crippen LogP) is 3.84. The van der Waals surface area contributed by atoms with Crippen molar-refractivity contribution in [2.75, 3.05) is 16.8 Å². The minimum Gasteiger partial charge on any atom is -0.364 e. The van der Waals surface area contributed by atoms with Gasteiger partial charge < -0.3 is 20.9 Å². The van der Waals surface area contributed by atoms with Crippen LogP contribution in [0.5, 0.6) is 0 Å². The van der Waals surface area contributed by atoms with E-state index in [0.717, 1.165) is 17.7 Å². The van der Waals surface area contributed by atoms with Crippen molar-refractivity contribution in [1.82, 2.24) is 15.0 Å². The number of carbonyl (C=O) groups is 3. The van der Waals surface area contributed by atoms with Gasteiger partial charge in [0.15, 0.2) is 5.69 Å². The number of benzene rings is 2. The molecule has 3 amide bonds. The average Bonchev–Trinajstić information content (AvgIpc) is 3.36. The van der Waals surface area contributed by atoms with Crippen molar-refractivity contribution in [3.63, 3.8) is 0 Å². The third-order valence-corrected chi connectivity index (χ3v) is 5.61. The Hall–Kier alpha value is -4.57. The van der Waals surface area contributed by atoms with Gasteiger partial charge >= 0.3 is 0 Å². The summed E-state index contributed by atoms with van der Waals surface area (Å²) < 4.78 is 13.3. The number of primary amides is 1. The molecule has 182 valence electrons. The molecule has 0 aliphatic heterocycles. The zero-order valence-electron chi connectivity index (χ0n) is 18.7. The molecule has 4 rings (SSSR count). The minimum atomic E-state index is -0.805. The fourth-order valence-corrected chi connectivity index (χ4v) is 3.76. The first-order valence-electron chi connectivity index (χ1n) is 10.7. The largest absolute Gasteiger partial charge is 0.364 e. The molecule has 0 saturated heterocycles. The van der Waals surface area contributed by atoms with E-state index in [1.165, 1.54) is 17.3 Å². The van der Waals surface area contributed by atoms with Crippen LogP contribution in [0.15, 0.2) is 73.3 Å². The molecule has 0 radical (unpaired) electrons. The van der Waals surface area contributed by atoms with Crippen LogP contribution in [0.1, 0.15) is 36.9 Å². The van der Waals surface area contributed by atoms with Crippen molar-refractivity contribution in [3.05, 3.63) is 107 Å². The van der Waals surface area contributed by atoms with Crippen LogP contribution in [-0.4, -0.2) is 39.2 Å². The number of imidazole rings is 1. The number of halogens is 2. The molecule has 0 fully saturated rings. The molecule has 2 aromatic carbocycles. The lowest BCUT2D eigenvalue weighted by Crippen LogP contribution is -2.34. The summed E-state index contributed by atoms with van der Waals surface area (Å²) in [5.74, 6) is -2.39. The van der Waals surface area contributed by atoms with Gasteiger partial charge in [0.05, 0.1) is 16.9 Å². The molecule has 0 atom stereocenters. The summed E-state index contributed by atoms with van der Waals surface area (Å²) in [7, 11) is 0. The van der Waals surface area contributed by atoms with Crippen molar-refractivity contribution in [3.8, 4) is 0 Å². The number of pyridine rings is 1. The van der Waals surface area contributed by atoms with Gasteiger partial charge in [-0.25, -0.2) is 9.37 Å². The van der Waals surface area contributed by atoms with E-state index in [2.05, 4.69) is 20.3 Å². The summed E-state index contributed by atoms with van der Waals surface area (Å²) >= 11 is 5.97. The van der Waals surface area contributed by atoms with Crippen molar-refractivity contribution < 1.29 is 18.8 Å². The molecule has 0 aliphatic rings. The Balaban J connectivity index is 1.57. The maximum absolute atomic E-state index is 13.4. The van der Waals surface area contributed by atoms with E-state index in [9.17, 15) is 18.8 Å². The number of hydrogen-bond acceptors (Lipinski definition) is 5. The number of anilines is 2. The van der Waals surface area contributed by atoms with Crippen molar-refractivity contribution >= 4 is 40.7 Å². The summed E-state index contributed by atoms with van der Waals surface area (Å²) in [4.78, 5) is 49.8. The van der Waals surface area contributed by atoms with Gasteiger partial charge in [0.1, 0.15) is 11.5 Å². The number of nitrogens with one attached hydrogen (secondary N) is 2. The Morgan fingerprint density at radius 2 is 1.89 bits per heavy atom. The topological polar surface area (TPSA) is 134 Å². The van der Waals surface area contributed by atoms with Gasteiger partial charge in [-0.1, -0.05) is 17.7 Å². The highest BCUT2D eigenvalue weighted by molar-refractivity contribution is 6.34. The third kappa shape index (κ3) is 5.56. The number of aromatic nitrogens is 3. The Morgan fingerprint density at radius 3 is 2.56 bits per heavy atom. The molecule has 9 nitrogen and oxygen atoms in total. The number of rotatable bonds is 8. The molecule has 2 aromatic heterocycles. The number of aromatic amines is 1. The van der Waals surface area contributed by atoms with Gasteiger partial charge in [0.2, 0.25) is 0 Å². The van der Waals surface area contributed by atoms with Crippen LogP contribution < -0.4 is 16.0 Å². The second kappa shape index (κ2) is 10.8. The number of hydrogen-bond donors (Lipinski definition) is 3. The van der Waals surface area contributed by atoms with Crippen LogP contribution in [0.2, 0.25) is 5.02 Å². The fraction of sp³-hybridized carbons (Fsp3) is 0.0800. The van der Waals surface area contributed by atoms with E-state index in [-0.39, 0.29) is 28.5 Å². The standard InChI is InChI=1S/C25H20ClFN6O3/c26-20-12-16(27)3-8-19(20)24(35)32-17-4-6-18(7-5-17)33(11-9-15-2-1-10-29-13-15)25(36)22-21(23(28)34)30-14-31-22/h1-8,10,12-14H,9,11H2,(H2,28,34)(H,30,31)(H,32,35). The Morgan fingerprint density at radius 1 is 1.11 bits per heavy atom. The van der Waals surface area contributed by atoms with Gasteiger partial charge in [0.25, 0.3) is 17.7 Å². The number of carbonyl (C=O) groups excluding carboxylic acids is 3. The minimum absolute atomic E-state index is 0.0134. The monoisotopic (exact) mass is 506 g/mol. The molecule has 0 spiro atoms. The van der Waals surface area contributed by atoms with Crippen LogP contribution in [-0.2, 0) is 6.42 Å². The lowest BCUT2D eigenvalue weighted by atomic mass is 10.1. The van der Waals surface area contributed by atoms with E-state index in [1.54, 1.807) is 42.7 Å². The van der Waals surface area contributed by atoms with Gasteiger partial charge in [0, 0.05) is 30.3 Å². The van der Waals surface area contributed by atoms with Crippen LogP contribution in [0.25, 0.3) is 0 Å². The van der Waals surface area contributed by atoms with Crippen LogP contribution in [0.3, 0.4) is 0 Å². The van der Waals surface area contributed by atoms with E-state index in [4.69, 9.17) is 17.3 Å². The maximum atomic E-state index is 13.4. The fourth-order valence-electron chi connectivity index (χ4n) is 3.50. The van der Waals surface area contributed by atoms with E-state index < -0.39 is 23.5 Å². The summed E-state index contributed by atoms with van der Waals surface area (Å²) in [6.45, 7) is 0.256. The normalized spacial score (nSPS) is 10.6. The highest BCUT2D eigenvalue weighted by Gasteiger charge is 2.25. The van der Waals surface area contributed by atoms with Crippen molar-refractivity contribution in [2.24, 2.45) is 5.73 Å². The van der Waals surface area contributed by atoms with Crippen molar-refractivity contribution in [2.45, 2.75) is 6.42 Å². The average molecular weight is 507 g/mol. The molecule has 0 saturated carbocycles. The van der Waals surface area contributed by atoms with Crippen LogP contribution >= 0.6 is 11.6 Å². The lowest BCUT2D eigenvalue weighted by Gasteiger charge is -2.23. The molecular formula is C25H20ClFN6O3. The highest BCUT2D eigenvalue weighted by Crippen LogP contribution is 2.23. The first-order chi connectivity index (χ1) is 17.3. The van der Waals surface area contributed by atoms with Crippen LogP contribution in [0.4, 0.5) is 15.8 Å². The molecule has 0 aliphatic carbocycles. The van der Waals surface area contributed by atoms with Gasteiger partial charge in [-0.3, -0.25) is 19.4 Å². The number of H-pyrrole nitrogens is 1. The lowest BCUT2D eigenvalue weighted by molar-refractivity contribution is 0.0955. The zero-order chi connectivity index (χ0) is 25.7. The SMILES string of the molecule is NC(=O)c1[nH]cnc1C(=O)N(CCc1cccnc1)c1ccc(NC(=O)c2ccc(F)cc2Cl)cc1. The highest BCUT2D eigenvalue weighted by atomic mass is 35.5. The first kappa shape index (κ1) is 24.6. The Bertz CT molecular complexity index is 1410. The van der Waals surface area contributed by atoms with Crippen LogP contribution in [0, 0.1) is 5.82 Å². The summed E-state index contributed by atoms with van der Waals surface area (Å²) in [5, 5.41) is 2.67. The Kier molecular flexibility index (Phi) is 7.36. The van der Waals surface area contributed by atoms with E-state index in [0.29, 0.717) is 17.8 Å². The summed E-state index contributed by atoms with van der Waals surface area (Å²) in [5.41, 5.74) is 7.14. The quantitative estimate of drug-likeness (QED) is 0.334. The third-order valence-electron chi connectivity index (χ3n) is 5.29. The van der Waals surface area contributed by atoms with Gasteiger partial charge in [-0.2, -0.15) is 0 Å². The molecule has 0 bridgehead atoms. The number of nitrogens with zero attached hydrogens (tertiary/aromatic N) is 3. The molecule has 4 N–H and O–H groups in total. The second-order valence-electron chi connectivity index (χ2n) is 7.68. The zero-order valence-corrected chi connectivity index (χ0v) is 19.5. The smallest absolute Gasteiger partial charge is 0.279 e. The van der Waals surface area contributed by atoms with Crippen molar-refractivity contribution in [1.29, 1.82) is 0 Å². The molecule has 4 aromatic rings. The first-order valence-corrected chi connectivity index (χ1v) is 11.1.